The Labute approximate surface area is 150 Å². The smallest absolute Gasteiger partial charge is 0.225 e. The first-order chi connectivity index (χ1) is 12.1. The summed E-state index contributed by atoms with van der Waals surface area (Å²) in [4.78, 5) is 16.7. The van der Waals surface area contributed by atoms with E-state index in [4.69, 9.17) is 4.74 Å². The Balaban J connectivity index is 1.37. The molecule has 1 amide bonds. The van der Waals surface area contributed by atoms with E-state index in [1.807, 2.05) is 36.1 Å². The summed E-state index contributed by atoms with van der Waals surface area (Å²) in [6.07, 6.45) is 3.60. The predicted octanol–water partition coefficient (Wildman–Crippen LogP) is 2.07. The summed E-state index contributed by atoms with van der Waals surface area (Å²) in [5, 5.41) is 10.2. The van der Waals surface area contributed by atoms with Gasteiger partial charge in [0.15, 0.2) is 0 Å². The van der Waals surface area contributed by atoms with Gasteiger partial charge in [-0.15, -0.1) is 0 Å². The van der Waals surface area contributed by atoms with Crippen molar-refractivity contribution < 1.29 is 14.6 Å². The molecule has 0 bridgehead atoms. The third kappa shape index (κ3) is 5.19. The van der Waals surface area contributed by atoms with E-state index in [1.165, 1.54) is 0 Å². The number of rotatable bonds is 6. The molecule has 5 nitrogen and oxygen atoms in total. The number of hydrogen-bond donors (Lipinski definition) is 1. The van der Waals surface area contributed by atoms with Crippen LogP contribution in [0.5, 0.6) is 5.75 Å². The van der Waals surface area contributed by atoms with Crippen molar-refractivity contribution in [1.82, 2.24) is 9.80 Å². The van der Waals surface area contributed by atoms with Crippen LogP contribution >= 0.6 is 0 Å². The topological polar surface area (TPSA) is 53.0 Å². The van der Waals surface area contributed by atoms with Crippen molar-refractivity contribution in [3.05, 3.63) is 29.8 Å². The van der Waals surface area contributed by atoms with Gasteiger partial charge in [0.05, 0.1) is 0 Å². The summed E-state index contributed by atoms with van der Waals surface area (Å²) in [6.45, 7) is 6.57. The first-order valence-electron chi connectivity index (χ1n) is 9.50. The molecule has 0 aliphatic carbocycles. The van der Waals surface area contributed by atoms with E-state index in [2.05, 4.69) is 4.90 Å². The van der Waals surface area contributed by atoms with Gasteiger partial charge in [-0.2, -0.15) is 0 Å². The van der Waals surface area contributed by atoms with Gasteiger partial charge in [-0.3, -0.25) is 4.79 Å². The van der Waals surface area contributed by atoms with Crippen molar-refractivity contribution >= 4 is 5.91 Å². The Bertz CT molecular complexity index is 564. The Kier molecular flexibility index (Phi) is 6.32. The monoisotopic (exact) mass is 346 g/mol. The van der Waals surface area contributed by atoms with E-state index < -0.39 is 6.10 Å². The largest absolute Gasteiger partial charge is 0.491 e. The van der Waals surface area contributed by atoms with E-state index in [9.17, 15) is 9.90 Å². The highest BCUT2D eigenvalue weighted by atomic mass is 16.5. The van der Waals surface area contributed by atoms with Gasteiger partial charge in [-0.25, -0.2) is 0 Å². The van der Waals surface area contributed by atoms with Crippen LogP contribution in [0.15, 0.2) is 24.3 Å². The highest BCUT2D eigenvalue weighted by molar-refractivity contribution is 5.79. The second-order valence-corrected chi connectivity index (χ2v) is 7.39. The Morgan fingerprint density at radius 3 is 2.64 bits per heavy atom. The summed E-state index contributed by atoms with van der Waals surface area (Å²) in [5.41, 5.74) is 1.15. The fourth-order valence-corrected chi connectivity index (χ4v) is 3.81. The second-order valence-electron chi connectivity index (χ2n) is 7.39. The molecule has 0 aromatic heterocycles. The van der Waals surface area contributed by atoms with Gasteiger partial charge < -0.3 is 19.6 Å². The summed E-state index contributed by atoms with van der Waals surface area (Å²) in [7, 11) is 0. The fourth-order valence-electron chi connectivity index (χ4n) is 3.81. The minimum atomic E-state index is -0.508. The molecule has 0 saturated carbocycles. The van der Waals surface area contributed by atoms with Crippen molar-refractivity contribution in [2.75, 3.05) is 39.3 Å². The number of amides is 1. The number of nitrogens with zero attached hydrogens (tertiary/aromatic N) is 2. The lowest BCUT2D eigenvalue weighted by atomic mass is 9.95. The first kappa shape index (κ1) is 18.2. The molecule has 3 rings (SSSR count). The quantitative estimate of drug-likeness (QED) is 0.857. The molecule has 5 heteroatoms. The van der Waals surface area contributed by atoms with Crippen LogP contribution in [0.1, 0.15) is 31.2 Å². The van der Waals surface area contributed by atoms with Crippen LogP contribution in [0.3, 0.4) is 0 Å². The van der Waals surface area contributed by atoms with Crippen LogP contribution < -0.4 is 4.74 Å². The van der Waals surface area contributed by atoms with Crippen LogP contribution in [0.25, 0.3) is 0 Å². The average molecular weight is 346 g/mol. The van der Waals surface area contributed by atoms with Crippen molar-refractivity contribution in [2.45, 2.75) is 38.7 Å². The maximum absolute atomic E-state index is 12.5. The molecule has 138 valence electrons. The molecule has 1 aromatic carbocycles. The molecule has 1 unspecified atom stereocenters. The number of aryl methyl sites for hydroxylation is 1. The van der Waals surface area contributed by atoms with Gasteiger partial charge in [0, 0.05) is 25.6 Å². The van der Waals surface area contributed by atoms with Crippen molar-refractivity contribution in [2.24, 2.45) is 5.92 Å². The first-order valence-corrected chi connectivity index (χ1v) is 9.50. The van der Waals surface area contributed by atoms with E-state index in [1.54, 1.807) is 0 Å². The zero-order chi connectivity index (χ0) is 17.6. The maximum atomic E-state index is 12.5. The number of hydrogen-bond acceptors (Lipinski definition) is 4. The number of carbonyl (C=O) groups excluding carboxylic acids is 1. The fraction of sp³-hybridized carbons (Fsp3) is 0.650. The molecule has 25 heavy (non-hydrogen) atoms. The van der Waals surface area contributed by atoms with E-state index in [-0.39, 0.29) is 5.92 Å². The van der Waals surface area contributed by atoms with Crippen LogP contribution in [0.2, 0.25) is 0 Å². The number of likely N-dealkylation sites (tertiary alicyclic amines) is 2. The summed E-state index contributed by atoms with van der Waals surface area (Å²) >= 11 is 0. The molecule has 2 heterocycles. The maximum Gasteiger partial charge on any atom is 0.225 e. The number of carbonyl (C=O) groups is 1. The lowest BCUT2D eigenvalue weighted by Crippen LogP contribution is -2.44. The molecule has 0 radical (unpaired) electrons. The normalized spacial score (nSPS) is 20.6. The zero-order valence-electron chi connectivity index (χ0n) is 15.2. The van der Waals surface area contributed by atoms with Crippen molar-refractivity contribution in [3.63, 3.8) is 0 Å². The van der Waals surface area contributed by atoms with Gasteiger partial charge >= 0.3 is 0 Å². The Hall–Kier alpha value is -1.59. The number of aliphatic hydroxyl groups excluding tert-OH is 1. The van der Waals surface area contributed by atoms with Crippen LogP contribution in [0, 0.1) is 12.8 Å². The number of ether oxygens (including phenoxy) is 1. The lowest BCUT2D eigenvalue weighted by Gasteiger charge is -2.34. The van der Waals surface area contributed by atoms with Gasteiger partial charge in [0.25, 0.3) is 0 Å². The zero-order valence-corrected chi connectivity index (χ0v) is 15.2. The predicted molar refractivity (Wildman–Crippen MR) is 97.7 cm³/mol. The SMILES string of the molecule is Cc1cccc(OCC(O)CN2CCC(C(=O)N3CCCC3)CC2)c1. The highest BCUT2D eigenvalue weighted by Gasteiger charge is 2.30. The molecule has 1 atom stereocenters. The number of piperidine rings is 1. The molecule has 2 fully saturated rings. The van der Waals surface area contributed by atoms with E-state index in [0.717, 1.165) is 63.2 Å². The molecule has 2 saturated heterocycles. The van der Waals surface area contributed by atoms with Crippen LogP contribution in [0.4, 0.5) is 0 Å². The standard InChI is InChI=1S/C20H30N2O3/c1-16-5-4-6-19(13-16)25-15-18(23)14-21-11-7-17(8-12-21)20(24)22-9-2-3-10-22/h4-6,13,17-18,23H,2-3,7-12,14-15H2,1H3. The number of β-amino-alcohol motifs (C(OH)–C–C–N with tert-alkyl or cyclic N) is 1. The summed E-state index contributed by atoms with van der Waals surface area (Å²) in [5.74, 6) is 1.32. The van der Waals surface area contributed by atoms with E-state index in [0.29, 0.717) is 19.1 Å². The molecule has 2 aliphatic heterocycles. The van der Waals surface area contributed by atoms with Gasteiger partial charge in [-0.1, -0.05) is 12.1 Å². The molecule has 1 aromatic rings. The van der Waals surface area contributed by atoms with Crippen molar-refractivity contribution in [1.29, 1.82) is 0 Å². The van der Waals surface area contributed by atoms with Crippen molar-refractivity contribution in [3.8, 4) is 5.75 Å². The van der Waals surface area contributed by atoms with E-state index >= 15 is 0 Å². The third-order valence-corrected chi connectivity index (χ3v) is 5.26. The second kappa shape index (κ2) is 8.68. The van der Waals surface area contributed by atoms with Gasteiger partial charge in [-0.05, 0) is 63.4 Å². The van der Waals surface area contributed by atoms with Gasteiger partial charge in [0.2, 0.25) is 5.91 Å². The number of benzene rings is 1. The van der Waals surface area contributed by atoms with Crippen LogP contribution in [-0.4, -0.2) is 66.2 Å². The average Bonchev–Trinajstić information content (AvgIpc) is 3.15. The number of aliphatic hydroxyl groups is 1. The lowest BCUT2D eigenvalue weighted by molar-refractivity contribution is -0.136. The minimum absolute atomic E-state index is 0.176. The Morgan fingerprint density at radius 1 is 1.24 bits per heavy atom. The van der Waals surface area contributed by atoms with Gasteiger partial charge in [0.1, 0.15) is 18.5 Å². The molecule has 0 spiro atoms. The minimum Gasteiger partial charge on any atom is -0.491 e. The summed E-state index contributed by atoms with van der Waals surface area (Å²) < 4.78 is 5.68. The molecular formula is C20H30N2O3. The highest BCUT2D eigenvalue weighted by Crippen LogP contribution is 2.22. The molecule has 1 N–H and O–H groups in total. The molecule has 2 aliphatic rings. The van der Waals surface area contributed by atoms with Crippen LogP contribution in [-0.2, 0) is 4.79 Å². The summed E-state index contributed by atoms with van der Waals surface area (Å²) in [6, 6.07) is 7.87. The molecular weight excluding hydrogens is 316 g/mol. The Morgan fingerprint density at radius 2 is 1.96 bits per heavy atom. The third-order valence-electron chi connectivity index (χ3n) is 5.26.